The molecule has 0 amide bonds. The first-order valence-electron chi connectivity index (χ1n) is 23.9. The maximum absolute atomic E-state index is 13.6. The van der Waals surface area contributed by atoms with Crippen LogP contribution in [0.25, 0.3) is 0 Å². The number of fused-ring (bicyclic) bond motifs is 4. The number of unbranched alkanes of at least 4 members (excludes halogenated alkanes) is 12. The van der Waals surface area contributed by atoms with Crippen LogP contribution in [-0.2, 0) is 38.4 Å². The van der Waals surface area contributed by atoms with E-state index in [4.69, 9.17) is 23.5 Å². The summed E-state index contributed by atoms with van der Waals surface area (Å²) < 4.78 is 58.4. The van der Waals surface area contributed by atoms with Gasteiger partial charge >= 0.3 is 22.3 Å². The molecule has 352 valence electrons. The SMILES string of the molecule is CC(=O)O[C@H]1[C@H](O)C2=C(CC[C@H]3C(C)(C)[C@@H](OS(=O)(=O)O)[C@H](OC(=O)CCCCCCCCCCCCCCCO)C[C@]23C)[C@H]2CC[C@H]([C@H](C)CC[C@]3(C(C)(C)O)CO3)[C@]21C. The van der Waals surface area contributed by atoms with Gasteiger partial charge in [-0.25, -0.2) is 4.18 Å². The molecule has 4 aliphatic carbocycles. The smallest absolute Gasteiger partial charge is 0.397 e. The average Bonchev–Trinajstić information content (AvgIpc) is 3.88. The molecule has 11 atom stereocenters. The highest BCUT2D eigenvalue weighted by molar-refractivity contribution is 7.80. The van der Waals surface area contributed by atoms with Crippen LogP contribution >= 0.6 is 0 Å². The van der Waals surface area contributed by atoms with Crippen LogP contribution in [-0.4, -0.2) is 89.1 Å². The van der Waals surface area contributed by atoms with Crippen LogP contribution in [0.2, 0.25) is 0 Å². The first-order valence-corrected chi connectivity index (χ1v) is 25.3. The van der Waals surface area contributed by atoms with Crippen LogP contribution in [0.3, 0.4) is 0 Å². The van der Waals surface area contributed by atoms with Crippen molar-refractivity contribution in [1.82, 2.24) is 0 Å². The fourth-order valence-corrected chi connectivity index (χ4v) is 14.0. The van der Waals surface area contributed by atoms with Gasteiger partial charge in [-0.05, 0) is 112 Å². The number of aliphatic hydroxyl groups is 3. The summed E-state index contributed by atoms with van der Waals surface area (Å²) in [7, 11) is -4.91. The molecule has 13 heteroatoms. The molecule has 4 N–H and O–H groups in total. The van der Waals surface area contributed by atoms with E-state index in [1.807, 2.05) is 13.8 Å². The Morgan fingerprint density at radius 1 is 0.869 bits per heavy atom. The predicted octanol–water partition coefficient (Wildman–Crippen LogP) is 8.98. The van der Waals surface area contributed by atoms with Crippen LogP contribution in [0.5, 0.6) is 0 Å². The second-order valence-corrected chi connectivity index (χ2v) is 22.5. The minimum Gasteiger partial charge on any atom is -0.459 e. The van der Waals surface area contributed by atoms with Gasteiger partial charge in [-0.3, -0.25) is 14.1 Å². The average molecular weight is 883 g/mol. The number of esters is 2. The van der Waals surface area contributed by atoms with Crippen LogP contribution in [0.15, 0.2) is 11.1 Å². The summed E-state index contributed by atoms with van der Waals surface area (Å²) in [5.41, 5.74) is -1.78. The zero-order valence-electron chi connectivity index (χ0n) is 38.8. The van der Waals surface area contributed by atoms with E-state index in [0.29, 0.717) is 32.3 Å². The van der Waals surface area contributed by atoms with E-state index >= 15 is 0 Å². The molecule has 0 aromatic carbocycles. The molecule has 0 radical (unpaired) electrons. The maximum Gasteiger partial charge on any atom is 0.397 e. The Bertz CT molecular complexity index is 1630. The first kappa shape index (κ1) is 50.4. The summed E-state index contributed by atoms with van der Waals surface area (Å²) in [5.74, 6) is -0.776. The Morgan fingerprint density at radius 3 is 1.93 bits per heavy atom. The third-order valence-electron chi connectivity index (χ3n) is 16.6. The van der Waals surface area contributed by atoms with Gasteiger partial charge in [-0.1, -0.05) is 111 Å². The summed E-state index contributed by atoms with van der Waals surface area (Å²) in [4.78, 5) is 26.5. The fraction of sp³-hybridized carbons (Fsp3) is 0.917. The lowest BCUT2D eigenvalue weighted by Crippen LogP contribution is -2.64. The zero-order valence-corrected chi connectivity index (χ0v) is 39.7. The Hall–Kier alpha value is -1.61. The summed E-state index contributed by atoms with van der Waals surface area (Å²) in [6, 6.07) is 0. The van der Waals surface area contributed by atoms with Crippen molar-refractivity contribution in [3.63, 3.8) is 0 Å². The van der Waals surface area contributed by atoms with Crippen molar-refractivity contribution in [2.75, 3.05) is 13.2 Å². The first-order chi connectivity index (χ1) is 28.5. The van der Waals surface area contributed by atoms with Crippen LogP contribution in [0.4, 0.5) is 0 Å². The molecule has 0 spiro atoms. The second kappa shape index (κ2) is 20.3. The Kier molecular flexibility index (Phi) is 16.7. The van der Waals surface area contributed by atoms with Crippen LogP contribution in [0, 0.1) is 39.9 Å². The van der Waals surface area contributed by atoms with E-state index in [1.165, 1.54) is 57.4 Å². The maximum atomic E-state index is 13.6. The number of allylic oxidation sites excluding steroid dienone is 1. The molecule has 61 heavy (non-hydrogen) atoms. The molecule has 1 aliphatic heterocycles. The summed E-state index contributed by atoms with van der Waals surface area (Å²) in [6.45, 7) is 16.1. The van der Waals surface area contributed by atoms with Gasteiger partial charge in [-0.2, -0.15) is 8.42 Å². The summed E-state index contributed by atoms with van der Waals surface area (Å²) >= 11 is 0. The monoisotopic (exact) mass is 883 g/mol. The van der Waals surface area contributed by atoms with Gasteiger partial charge < -0.3 is 29.5 Å². The van der Waals surface area contributed by atoms with Crippen molar-refractivity contribution in [3.8, 4) is 0 Å². The topological polar surface area (TPSA) is 189 Å². The molecule has 0 bridgehead atoms. The third kappa shape index (κ3) is 11.3. The number of ether oxygens (including phenoxy) is 3. The number of carbonyl (C=O) groups is 2. The number of rotatable bonds is 24. The lowest BCUT2D eigenvalue weighted by atomic mass is 9.44. The highest BCUT2D eigenvalue weighted by Crippen LogP contribution is 2.69. The third-order valence-corrected chi connectivity index (χ3v) is 17.0. The van der Waals surface area contributed by atoms with E-state index in [0.717, 1.165) is 56.9 Å². The van der Waals surface area contributed by atoms with Crippen molar-refractivity contribution >= 4 is 22.3 Å². The number of hydrogen-bond donors (Lipinski definition) is 4. The van der Waals surface area contributed by atoms with E-state index in [1.54, 1.807) is 13.8 Å². The molecule has 1 saturated heterocycles. The van der Waals surface area contributed by atoms with Gasteiger partial charge in [0.05, 0.1) is 12.2 Å². The van der Waals surface area contributed by atoms with Gasteiger partial charge in [0.1, 0.15) is 30.0 Å². The normalized spacial score (nSPS) is 34.9. The zero-order chi connectivity index (χ0) is 45.0. The molecular formula is C48H82O12S. The molecule has 0 aromatic heterocycles. The Labute approximate surface area is 367 Å². The van der Waals surface area contributed by atoms with E-state index in [2.05, 4.69) is 20.8 Å². The minimum atomic E-state index is -4.91. The Balaban J connectivity index is 1.29. The number of aliphatic hydroxyl groups excluding tert-OH is 2. The van der Waals surface area contributed by atoms with E-state index < -0.39 is 74.2 Å². The van der Waals surface area contributed by atoms with Crippen LogP contribution in [0.1, 0.15) is 190 Å². The number of carbonyl (C=O) groups excluding carboxylic acids is 2. The largest absolute Gasteiger partial charge is 0.459 e. The number of hydrogen-bond acceptors (Lipinski definition) is 11. The van der Waals surface area contributed by atoms with Gasteiger partial charge in [0.2, 0.25) is 0 Å². The molecule has 5 rings (SSSR count). The molecule has 0 aromatic rings. The molecule has 3 fully saturated rings. The van der Waals surface area contributed by atoms with Gasteiger partial charge in [0.25, 0.3) is 0 Å². The standard InChI is InChI=1S/C48H82O12S/c1-32(27-28-48(31-57-48)45(5,6)53)35-24-25-36-34-23-26-38-44(3,4)42(60-61(54,55)56)37(30-46(38,7)40(34)41(52)43(47(35,36)8)58-33(2)50)59-39(51)22-20-18-16-14-12-10-9-11-13-15-17-19-21-29-49/h32,35-38,41-43,49,52-53H,9-31H2,1-8H3,(H,54,55,56)/t32-,35-,36-,37-,38+,41-,42+,43+,46+,47-,48-/m1/s1. The molecule has 1 heterocycles. The van der Waals surface area contributed by atoms with Crippen molar-refractivity contribution < 1.29 is 56.3 Å². The van der Waals surface area contributed by atoms with Gasteiger partial charge in [-0.15, -0.1) is 0 Å². The minimum absolute atomic E-state index is 0.0321. The second-order valence-electron chi connectivity index (χ2n) is 21.5. The summed E-state index contributed by atoms with van der Waals surface area (Å²) in [6.07, 6.45) is 15.1. The van der Waals surface area contributed by atoms with Crippen molar-refractivity contribution in [2.45, 2.75) is 226 Å². The highest BCUT2D eigenvalue weighted by atomic mass is 32.3. The number of epoxide rings is 1. The van der Waals surface area contributed by atoms with E-state index in [-0.39, 0.29) is 43.1 Å². The highest BCUT2D eigenvalue weighted by Gasteiger charge is 2.68. The van der Waals surface area contributed by atoms with Crippen LogP contribution < -0.4 is 0 Å². The van der Waals surface area contributed by atoms with E-state index in [9.17, 15) is 32.8 Å². The Morgan fingerprint density at radius 2 is 1.43 bits per heavy atom. The molecule has 2 saturated carbocycles. The molecule has 5 aliphatic rings. The van der Waals surface area contributed by atoms with Gasteiger partial charge in [0.15, 0.2) is 0 Å². The van der Waals surface area contributed by atoms with Crippen molar-refractivity contribution in [2.24, 2.45) is 39.9 Å². The predicted molar refractivity (Wildman–Crippen MR) is 234 cm³/mol. The lowest BCUT2D eigenvalue weighted by Gasteiger charge is -2.63. The molecular weight excluding hydrogens is 801 g/mol. The molecule has 0 unspecified atom stereocenters. The van der Waals surface area contributed by atoms with Gasteiger partial charge in [0, 0.05) is 25.4 Å². The lowest BCUT2D eigenvalue weighted by molar-refractivity contribution is -0.193. The fourth-order valence-electron chi connectivity index (χ4n) is 13.3. The van der Waals surface area contributed by atoms with Crippen molar-refractivity contribution in [1.29, 1.82) is 0 Å². The quantitative estimate of drug-likeness (QED) is 0.0237. The van der Waals surface area contributed by atoms with Crippen molar-refractivity contribution in [3.05, 3.63) is 11.1 Å². The summed E-state index contributed by atoms with van der Waals surface area (Å²) in [5, 5.41) is 32.5. The molecule has 12 nitrogen and oxygen atoms in total.